The van der Waals surface area contributed by atoms with Crippen molar-refractivity contribution in [3.8, 4) is 44.5 Å². The highest BCUT2D eigenvalue weighted by molar-refractivity contribution is 6.09. The minimum absolute atomic E-state index is 0.147. The lowest BCUT2D eigenvalue weighted by atomic mass is 9.73. The third kappa shape index (κ3) is 5.35. The van der Waals surface area contributed by atoms with Crippen LogP contribution >= 0.6 is 0 Å². The molecule has 11 aromatic rings. The Morgan fingerprint density at radius 3 is 1.33 bits per heavy atom. The highest BCUT2D eigenvalue weighted by Crippen LogP contribution is 2.67. The summed E-state index contributed by atoms with van der Waals surface area (Å²) in [6, 6.07) is 85.7. The molecule has 3 nitrogen and oxygen atoms in total. The van der Waals surface area contributed by atoms with Crippen LogP contribution in [-0.4, -0.2) is 0 Å². The van der Waals surface area contributed by atoms with Gasteiger partial charge in [-0.1, -0.05) is 185 Å². The van der Waals surface area contributed by atoms with Crippen LogP contribution < -0.4 is 9.80 Å². The number of hydrogen-bond acceptors (Lipinski definition) is 3. The molecule has 0 saturated heterocycles. The Hall–Kier alpha value is -8.66. The van der Waals surface area contributed by atoms with E-state index in [4.69, 9.17) is 4.42 Å². The zero-order valence-electron chi connectivity index (χ0n) is 40.7. The lowest BCUT2D eigenvalue weighted by molar-refractivity contribution is 0.507. The van der Waals surface area contributed by atoms with Crippen LogP contribution in [0.1, 0.15) is 72.4 Å². The van der Waals surface area contributed by atoms with Crippen LogP contribution in [0.3, 0.4) is 0 Å². The van der Waals surface area contributed by atoms with Crippen molar-refractivity contribution in [2.75, 3.05) is 9.80 Å². The SMILES string of the molecule is CC1(C)c2ccccc2-c2ccc(N(c3ccccc3)c3ccc4c(c3)C3(c5ccccc5-4)c4cccc(N(c5ccccc5)c5ccc6c(c5)C(C)(C)c5ccccc5-6)c4-c4c3oc3ccccc43)cc21. The molecule has 0 bridgehead atoms. The van der Waals surface area contributed by atoms with Crippen molar-refractivity contribution < 1.29 is 4.42 Å². The number of benzene rings is 10. The van der Waals surface area contributed by atoms with Crippen LogP contribution in [0.4, 0.5) is 34.1 Å². The minimum Gasteiger partial charge on any atom is -0.459 e. The molecule has 15 rings (SSSR count). The summed E-state index contributed by atoms with van der Waals surface area (Å²) in [5, 5.41) is 1.12. The summed E-state index contributed by atoms with van der Waals surface area (Å²) < 4.78 is 7.46. The van der Waals surface area contributed by atoms with Gasteiger partial charge in [-0.25, -0.2) is 0 Å². The van der Waals surface area contributed by atoms with Gasteiger partial charge in [-0.2, -0.15) is 0 Å². The molecule has 72 heavy (non-hydrogen) atoms. The first-order chi connectivity index (χ1) is 35.2. The van der Waals surface area contributed by atoms with Crippen LogP contribution in [0.2, 0.25) is 0 Å². The standard InChI is InChI=1S/C69H50N2O/c1-67(2)55-28-15-11-24-48(55)51-37-34-45(40-59(51)67)70(43-20-7-5-8-21-43)46-35-39-53-50-26-13-17-30-57(50)69(61(53)42-46)58-31-19-32-62(65(58)64-54-27-14-18-33-63(54)72-66(64)69)71(44-22-9-6-10-23-44)47-36-38-52-49-25-12-16-29-56(49)68(3,4)60(52)41-47/h5-42H,1-4H3. The van der Waals surface area contributed by atoms with Gasteiger partial charge in [-0.15, -0.1) is 0 Å². The fraction of sp³-hybridized carbons (Fsp3) is 0.101. The summed E-state index contributed by atoms with van der Waals surface area (Å²) in [5.41, 5.74) is 25.6. The Kier molecular flexibility index (Phi) is 8.40. The van der Waals surface area contributed by atoms with Crippen LogP contribution in [0.15, 0.2) is 235 Å². The highest BCUT2D eigenvalue weighted by atomic mass is 16.3. The Morgan fingerprint density at radius 1 is 0.306 bits per heavy atom. The molecule has 0 saturated carbocycles. The van der Waals surface area contributed by atoms with Crippen molar-refractivity contribution >= 4 is 45.1 Å². The van der Waals surface area contributed by atoms with Crippen molar-refractivity contribution in [1.29, 1.82) is 0 Å². The molecular formula is C69H50N2O. The highest BCUT2D eigenvalue weighted by Gasteiger charge is 2.56. The normalized spacial score (nSPS) is 16.3. The van der Waals surface area contributed by atoms with Crippen LogP contribution in [-0.2, 0) is 16.2 Å². The Bertz CT molecular complexity index is 4060. The number of furan rings is 1. The third-order valence-electron chi connectivity index (χ3n) is 16.8. The van der Waals surface area contributed by atoms with Crippen LogP contribution in [0.5, 0.6) is 0 Å². The van der Waals surface area contributed by atoms with Gasteiger partial charge in [0.05, 0.1) is 5.69 Å². The molecule has 1 unspecified atom stereocenters. The van der Waals surface area contributed by atoms with E-state index in [2.05, 4.69) is 268 Å². The van der Waals surface area contributed by atoms with Crippen molar-refractivity contribution in [3.63, 3.8) is 0 Å². The van der Waals surface area contributed by atoms with Crippen molar-refractivity contribution in [2.24, 2.45) is 0 Å². The zero-order chi connectivity index (χ0) is 48.1. The quantitative estimate of drug-likeness (QED) is 0.166. The first-order valence-electron chi connectivity index (χ1n) is 25.3. The van der Waals surface area contributed by atoms with Gasteiger partial charge in [0.2, 0.25) is 0 Å². The van der Waals surface area contributed by atoms with Gasteiger partial charge in [-0.05, 0) is 145 Å². The second-order valence-electron chi connectivity index (χ2n) is 21.2. The number of nitrogens with zero attached hydrogens (tertiary/aromatic N) is 2. The molecule has 1 spiro atoms. The molecule has 3 heteroatoms. The van der Waals surface area contributed by atoms with Crippen molar-refractivity contribution in [1.82, 2.24) is 0 Å². The zero-order valence-corrected chi connectivity index (χ0v) is 40.7. The predicted molar refractivity (Wildman–Crippen MR) is 297 cm³/mol. The van der Waals surface area contributed by atoms with E-state index in [9.17, 15) is 0 Å². The fourth-order valence-corrected chi connectivity index (χ4v) is 13.6. The summed E-state index contributed by atoms with van der Waals surface area (Å²) in [5.74, 6) is 0.969. The second kappa shape index (κ2) is 14.7. The van der Waals surface area contributed by atoms with Gasteiger partial charge in [0, 0.05) is 55.8 Å². The Balaban J connectivity index is 0.987. The average Bonchev–Trinajstić information content (AvgIpc) is 4.16. The minimum atomic E-state index is -0.768. The average molecular weight is 923 g/mol. The van der Waals surface area contributed by atoms with Gasteiger partial charge in [0.1, 0.15) is 16.8 Å². The van der Waals surface area contributed by atoms with Gasteiger partial charge in [0.25, 0.3) is 0 Å². The van der Waals surface area contributed by atoms with Crippen LogP contribution in [0.25, 0.3) is 55.5 Å². The molecule has 10 aromatic carbocycles. The van der Waals surface area contributed by atoms with Gasteiger partial charge in [0.15, 0.2) is 0 Å². The Labute approximate surface area is 420 Å². The lowest BCUT2D eigenvalue weighted by Gasteiger charge is -2.32. The molecule has 0 fully saturated rings. The van der Waals surface area contributed by atoms with E-state index in [0.717, 1.165) is 56.4 Å². The van der Waals surface area contributed by atoms with E-state index in [1.54, 1.807) is 0 Å². The molecular weight excluding hydrogens is 873 g/mol. The van der Waals surface area contributed by atoms with E-state index >= 15 is 0 Å². The largest absolute Gasteiger partial charge is 0.459 e. The molecule has 4 aliphatic carbocycles. The van der Waals surface area contributed by atoms with Crippen molar-refractivity contribution in [2.45, 2.75) is 43.9 Å². The summed E-state index contributed by atoms with van der Waals surface area (Å²) >= 11 is 0. The summed E-state index contributed by atoms with van der Waals surface area (Å²) in [6.07, 6.45) is 0. The number of anilines is 6. The number of para-hydroxylation sites is 3. The van der Waals surface area contributed by atoms with E-state index in [1.165, 1.54) is 77.9 Å². The molecule has 1 heterocycles. The summed E-state index contributed by atoms with van der Waals surface area (Å²) in [4.78, 5) is 4.94. The number of hydrogen-bond donors (Lipinski definition) is 0. The topological polar surface area (TPSA) is 19.6 Å². The van der Waals surface area contributed by atoms with E-state index in [1.807, 2.05) is 0 Å². The Morgan fingerprint density at radius 2 is 0.736 bits per heavy atom. The number of rotatable bonds is 6. The van der Waals surface area contributed by atoms with E-state index < -0.39 is 5.41 Å². The van der Waals surface area contributed by atoms with Gasteiger partial charge in [-0.3, -0.25) is 0 Å². The molecule has 342 valence electrons. The maximum Gasteiger partial charge on any atom is 0.135 e. The molecule has 0 amide bonds. The van der Waals surface area contributed by atoms with Crippen molar-refractivity contribution in [3.05, 3.63) is 275 Å². The molecule has 1 aromatic heterocycles. The summed E-state index contributed by atoms with van der Waals surface area (Å²) in [7, 11) is 0. The van der Waals surface area contributed by atoms with E-state index in [-0.39, 0.29) is 10.8 Å². The lowest BCUT2D eigenvalue weighted by Crippen LogP contribution is -2.26. The first-order valence-corrected chi connectivity index (χ1v) is 25.3. The monoisotopic (exact) mass is 922 g/mol. The summed E-state index contributed by atoms with van der Waals surface area (Å²) in [6.45, 7) is 9.47. The van der Waals surface area contributed by atoms with Gasteiger partial charge < -0.3 is 14.2 Å². The predicted octanol–water partition coefficient (Wildman–Crippen LogP) is 18.3. The molecule has 4 aliphatic rings. The molecule has 0 N–H and O–H groups in total. The van der Waals surface area contributed by atoms with E-state index in [0.29, 0.717) is 0 Å². The number of fused-ring (bicyclic) bond motifs is 18. The first kappa shape index (κ1) is 41.2. The maximum absolute atomic E-state index is 7.46. The molecule has 1 atom stereocenters. The van der Waals surface area contributed by atoms with Gasteiger partial charge >= 0.3 is 0 Å². The molecule has 0 radical (unpaired) electrons. The smallest absolute Gasteiger partial charge is 0.135 e. The molecule has 0 aliphatic heterocycles. The fourth-order valence-electron chi connectivity index (χ4n) is 13.6. The second-order valence-corrected chi connectivity index (χ2v) is 21.2. The third-order valence-corrected chi connectivity index (χ3v) is 16.8. The van der Waals surface area contributed by atoms with Crippen LogP contribution in [0, 0.1) is 0 Å². The maximum atomic E-state index is 7.46.